The zero-order valence-corrected chi connectivity index (χ0v) is 15.2. The molecule has 4 nitrogen and oxygen atoms in total. The summed E-state index contributed by atoms with van der Waals surface area (Å²) >= 11 is 6.21. The summed E-state index contributed by atoms with van der Waals surface area (Å²) in [5.74, 6) is 0.299. The van der Waals surface area contributed by atoms with Gasteiger partial charge in [-0.25, -0.2) is 0 Å². The van der Waals surface area contributed by atoms with Gasteiger partial charge in [0.2, 0.25) is 0 Å². The number of amides is 1. The lowest BCUT2D eigenvalue weighted by Crippen LogP contribution is -2.30. The molecule has 132 valence electrons. The third kappa shape index (κ3) is 3.86. The molecule has 0 saturated carbocycles. The van der Waals surface area contributed by atoms with Crippen LogP contribution in [0.4, 0.5) is 5.69 Å². The summed E-state index contributed by atoms with van der Waals surface area (Å²) in [6, 6.07) is 17.9. The Hall–Kier alpha value is -2.85. The van der Waals surface area contributed by atoms with E-state index < -0.39 is 6.10 Å². The molecule has 1 N–H and O–H groups in total. The molecule has 0 aliphatic heterocycles. The van der Waals surface area contributed by atoms with Gasteiger partial charge >= 0.3 is 0 Å². The van der Waals surface area contributed by atoms with Crippen molar-refractivity contribution in [2.24, 2.45) is 0 Å². The van der Waals surface area contributed by atoms with Crippen LogP contribution in [0.25, 0.3) is 10.8 Å². The average molecular weight is 368 g/mol. The summed E-state index contributed by atoms with van der Waals surface area (Å²) in [6.45, 7) is 3.18. The van der Waals surface area contributed by atoms with Gasteiger partial charge in [-0.2, -0.15) is 0 Å². The van der Waals surface area contributed by atoms with Gasteiger partial charge in [0.05, 0.1) is 0 Å². The summed E-state index contributed by atoms with van der Waals surface area (Å²) in [5.41, 5.74) is 1.20. The molecule has 0 aliphatic carbocycles. The molecule has 0 bridgehead atoms. The molecule has 0 aromatic heterocycles. The molecular formula is C21H18ClNO3. The first-order valence-corrected chi connectivity index (χ1v) is 8.59. The van der Waals surface area contributed by atoms with E-state index in [9.17, 15) is 9.59 Å². The van der Waals surface area contributed by atoms with Crippen LogP contribution >= 0.6 is 11.6 Å². The van der Waals surface area contributed by atoms with Crippen molar-refractivity contribution in [3.05, 3.63) is 71.2 Å². The lowest BCUT2D eigenvalue weighted by Gasteiger charge is -2.16. The Morgan fingerprint density at radius 1 is 0.962 bits per heavy atom. The van der Waals surface area contributed by atoms with Crippen molar-refractivity contribution in [1.82, 2.24) is 0 Å². The van der Waals surface area contributed by atoms with E-state index in [4.69, 9.17) is 16.3 Å². The molecule has 0 spiro atoms. The zero-order valence-electron chi connectivity index (χ0n) is 14.5. The first-order valence-electron chi connectivity index (χ1n) is 8.21. The number of halogens is 1. The smallest absolute Gasteiger partial charge is 0.265 e. The standard InChI is InChI=1S/C21H18ClNO3/c1-13(24)15-7-9-16(10-8-15)23-21(25)14(2)26-20-12-11-19(22)17-5-3-4-6-18(17)20/h3-12,14H,1-2H3,(H,23,25)/t14-/m0/s1. The summed E-state index contributed by atoms with van der Waals surface area (Å²) in [5, 5.41) is 5.15. The maximum absolute atomic E-state index is 12.4. The first-order chi connectivity index (χ1) is 12.5. The van der Waals surface area contributed by atoms with E-state index in [1.165, 1.54) is 6.92 Å². The Kier molecular flexibility index (Phi) is 5.24. The van der Waals surface area contributed by atoms with Gasteiger partial charge in [-0.1, -0.05) is 35.9 Å². The van der Waals surface area contributed by atoms with Crippen LogP contribution in [0.2, 0.25) is 5.02 Å². The number of carbonyl (C=O) groups is 2. The Labute approximate surface area is 156 Å². The molecule has 3 rings (SSSR count). The monoisotopic (exact) mass is 367 g/mol. The van der Waals surface area contributed by atoms with Gasteiger partial charge < -0.3 is 10.1 Å². The van der Waals surface area contributed by atoms with Crippen LogP contribution in [-0.4, -0.2) is 17.8 Å². The van der Waals surface area contributed by atoms with Crippen LogP contribution < -0.4 is 10.1 Å². The first kappa shape index (κ1) is 18.0. The Bertz CT molecular complexity index is 967. The molecule has 1 amide bonds. The van der Waals surface area contributed by atoms with Gasteiger partial charge in [0.15, 0.2) is 11.9 Å². The van der Waals surface area contributed by atoms with E-state index >= 15 is 0 Å². The fraction of sp³-hybridized carbons (Fsp3) is 0.143. The van der Waals surface area contributed by atoms with Gasteiger partial charge in [-0.15, -0.1) is 0 Å². The van der Waals surface area contributed by atoms with Gasteiger partial charge in [0.1, 0.15) is 5.75 Å². The van der Waals surface area contributed by atoms with E-state index in [-0.39, 0.29) is 11.7 Å². The van der Waals surface area contributed by atoms with Crippen LogP contribution in [0.5, 0.6) is 5.75 Å². The van der Waals surface area contributed by atoms with Crippen molar-refractivity contribution >= 4 is 39.8 Å². The number of benzene rings is 3. The number of ether oxygens (including phenoxy) is 1. The minimum absolute atomic E-state index is 0.0193. The van der Waals surface area contributed by atoms with Gasteiger partial charge in [0, 0.05) is 27.0 Å². The molecule has 3 aromatic carbocycles. The number of hydrogen-bond acceptors (Lipinski definition) is 3. The minimum atomic E-state index is -0.702. The SMILES string of the molecule is CC(=O)c1ccc(NC(=O)[C@H](C)Oc2ccc(Cl)c3ccccc23)cc1. The quantitative estimate of drug-likeness (QED) is 0.638. The topological polar surface area (TPSA) is 55.4 Å². The van der Waals surface area contributed by atoms with Crippen molar-refractivity contribution in [3.63, 3.8) is 0 Å². The number of rotatable bonds is 5. The minimum Gasteiger partial charge on any atom is -0.480 e. The van der Waals surface area contributed by atoms with Crippen molar-refractivity contribution in [2.45, 2.75) is 20.0 Å². The van der Waals surface area contributed by atoms with Crippen molar-refractivity contribution in [2.75, 3.05) is 5.32 Å². The average Bonchev–Trinajstić information content (AvgIpc) is 2.64. The van der Waals surface area contributed by atoms with E-state index in [1.807, 2.05) is 24.3 Å². The van der Waals surface area contributed by atoms with Crippen LogP contribution in [0.3, 0.4) is 0 Å². The maximum Gasteiger partial charge on any atom is 0.265 e. The van der Waals surface area contributed by atoms with Crippen LogP contribution in [0, 0.1) is 0 Å². The second-order valence-corrected chi connectivity index (χ2v) is 6.38. The van der Waals surface area contributed by atoms with E-state index in [1.54, 1.807) is 43.3 Å². The Morgan fingerprint density at radius 3 is 2.27 bits per heavy atom. The largest absolute Gasteiger partial charge is 0.480 e. The maximum atomic E-state index is 12.4. The van der Waals surface area contributed by atoms with Crippen LogP contribution in [0.1, 0.15) is 24.2 Å². The fourth-order valence-corrected chi connectivity index (χ4v) is 2.84. The molecule has 26 heavy (non-hydrogen) atoms. The molecular weight excluding hydrogens is 350 g/mol. The highest BCUT2D eigenvalue weighted by Gasteiger charge is 2.17. The number of ketones is 1. The highest BCUT2D eigenvalue weighted by Crippen LogP contribution is 2.31. The number of Topliss-reactive ketones (excluding diaryl/α,β-unsaturated/α-hetero) is 1. The van der Waals surface area contributed by atoms with Gasteiger partial charge in [-0.3, -0.25) is 9.59 Å². The fourth-order valence-electron chi connectivity index (χ4n) is 2.61. The lowest BCUT2D eigenvalue weighted by atomic mass is 10.1. The Morgan fingerprint density at radius 2 is 1.62 bits per heavy atom. The molecule has 0 aliphatic rings. The van der Waals surface area contributed by atoms with Crippen LogP contribution in [-0.2, 0) is 4.79 Å². The van der Waals surface area contributed by atoms with E-state index in [0.717, 1.165) is 10.8 Å². The molecule has 5 heteroatoms. The van der Waals surface area contributed by atoms with Crippen molar-refractivity contribution in [1.29, 1.82) is 0 Å². The molecule has 0 radical (unpaired) electrons. The molecule has 1 atom stereocenters. The molecule has 0 fully saturated rings. The van der Waals surface area contributed by atoms with Crippen LogP contribution in [0.15, 0.2) is 60.7 Å². The summed E-state index contributed by atoms with van der Waals surface area (Å²) < 4.78 is 5.85. The third-order valence-electron chi connectivity index (χ3n) is 4.06. The zero-order chi connectivity index (χ0) is 18.7. The number of fused-ring (bicyclic) bond motifs is 1. The number of nitrogens with one attached hydrogen (secondary N) is 1. The molecule has 3 aromatic rings. The summed E-state index contributed by atoms with van der Waals surface area (Å²) in [4.78, 5) is 23.7. The second kappa shape index (κ2) is 7.58. The number of anilines is 1. The van der Waals surface area contributed by atoms with Gasteiger partial charge in [0.25, 0.3) is 5.91 Å². The van der Waals surface area contributed by atoms with Crippen molar-refractivity contribution in [3.8, 4) is 5.75 Å². The summed E-state index contributed by atoms with van der Waals surface area (Å²) in [7, 11) is 0. The summed E-state index contributed by atoms with van der Waals surface area (Å²) in [6.07, 6.45) is -0.702. The highest BCUT2D eigenvalue weighted by atomic mass is 35.5. The number of carbonyl (C=O) groups excluding carboxylic acids is 2. The second-order valence-electron chi connectivity index (χ2n) is 5.97. The van der Waals surface area contributed by atoms with Gasteiger partial charge in [-0.05, 0) is 50.2 Å². The lowest BCUT2D eigenvalue weighted by molar-refractivity contribution is -0.122. The van der Waals surface area contributed by atoms with E-state index in [0.29, 0.717) is 22.0 Å². The predicted octanol–water partition coefficient (Wildman–Crippen LogP) is 5.10. The normalized spacial score (nSPS) is 11.8. The molecule has 0 unspecified atom stereocenters. The third-order valence-corrected chi connectivity index (χ3v) is 4.39. The number of hydrogen-bond donors (Lipinski definition) is 1. The van der Waals surface area contributed by atoms with E-state index in [2.05, 4.69) is 5.32 Å². The molecule has 0 saturated heterocycles. The van der Waals surface area contributed by atoms with Crippen molar-refractivity contribution < 1.29 is 14.3 Å². The Balaban J connectivity index is 1.74. The highest BCUT2D eigenvalue weighted by molar-refractivity contribution is 6.35. The predicted molar refractivity (Wildman–Crippen MR) is 104 cm³/mol. The molecule has 0 heterocycles.